The summed E-state index contributed by atoms with van der Waals surface area (Å²) in [4.78, 5) is 64.2. The fraction of sp³-hybridized carbons (Fsp3) is 0.273. The van der Waals surface area contributed by atoms with Gasteiger partial charge < -0.3 is 50.9 Å². The molecule has 1 unspecified atom stereocenters. The molecule has 6 rings (SSSR count). The first-order valence-electron chi connectivity index (χ1n) is 14.9. The number of aromatic hydroxyl groups is 1. The molecule has 2 saturated heterocycles. The number of rotatable bonds is 8. The number of nitrogens with zero attached hydrogens (tertiary/aromatic N) is 5. The molecule has 4 heterocycles. The summed E-state index contributed by atoms with van der Waals surface area (Å²) in [5, 5.41) is 20.0. The van der Waals surface area contributed by atoms with Gasteiger partial charge in [-0.05, 0) is 42.8 Å². The van der Waals surface area contributed by atoms with Gasteiger partial charge in [-0.25, -0.2) is 0 Å². The van der Waals surface area contributed by atoms with E-state index in [0.29, 0.717) is 55.6 Å². The molecule has 15 heteroatoms. The normalized spacial score (nSPS) is 17.0. The van der Waals surface area contributed by atoms with Crippen LogP contribution in [0.15, 0.2) is 48.5 Å². The second-order valence-electron chi connectivity index (χ2n) is 11.1. The number of nitrogens with one attached hydrogen (secondary N) is 1. The monoisotopic (exact) mass is 647 g/mol. The number of ether oxygens (including phenoxy) is 1. The van der Waals surface area contributed by atoms with Crippen LogP contribution in [-0.2, 0) is 14.4 Å². The standard InChI is InChI=1S/C19H18N3O6.C14H16N4O.Li/c1-10(23)21-7-11(8-21)9-28-12-2-3-13-14(6-12)19(27)22(18(13)26)15-4-5-16(24)20-17(15)25;1-3-18(4-2)12-9-11(16-17-14(12)15)10-7-5-6-8-13(10)19;/h2-3,6,11,15H,1,4-5,7-9H2,(H,20,24,25);5-9,19H,1-4H2,(H2,15,17);/q-1;-2;+1. The molecular formula is C33H34LiN7O7-2. The van der Waals surface area contributed by atoms with Crippen molar-refractivity contribution in [1.29, 1.82) is 0 Å². The summed E-state index contributed by atoms with van der Waals surface area (Å²) in [5.74, 6) is -1.29. The van der Waals surface area contributed by atoms with Crippen molar-refractivity contribution in [2.45, 2.75) is 18.9 Å². The molecule has 0 bridgehead atoms. The summed E-state index contributed by atoms with van der Waals surface area (Å²) in [6.07, 6.45) is 0.190. The van der Waals surface area contributed by atoms with Crippen molar-refractivity contribution in [3.63, 3.8) is 0 Å². The third-order valence-corrected chi connectivity index (χ3v) is 8.07. The third-order valence-electron chi connectivity index (χ3n) is 8.07. The fourth-order valence-electron chi connectivity index (χ4n) is 5.45. The van der Waals surface area contributed by atoms with Crippen molar-refractivity contribution in [1.82, 2.24) is 25.3 Å². The van der Waals surface area contributed by atoms with Crippen LogP contribution < -0.4 is 39.5 Å². The number of aromatic nitrogens is 2. The average Bonchev–Trinajstić information content (AvgIpc) is 3.27. The van der Waals surface area contributed by atoms with Crippen molar-refractivity contribution in [3.05, 3.63) is 80.4 Å². The van der Waals surface area contributed by atoms with E-state index in [1.54, 1.807) is 35.2 Å². The second kappa shape index (κ2) is 15.2. The zero-order valence-corrected chi connectivity index (χ0v) is 26.6. The average molecular weight is 648 g/mol. The van der Waals surface area contributed by atoms with Gasteiger partial charge in [0.15, 0.2) is 5.82 Å². The van der Waals surface area contributed by atoms with E-state index in [4.69, 9.17) is 10.5 Å². The number of nitrogens with two attached hydrogens (primary N) is 1. The Kier molecular flexibility index (Phi) is 11.4. The van der Waals surface area contributed by atoms with Crippen LogP contribution in [0, 0.1) is 26.7 Å². The maximum atomic E-state index is 12.7. The van der Waals surface area contributed by atoms with Crippen molar-refractivity contribution in [3.8, 4) is 22.8 Å². The number of piperidine rings is 1. The van der Waals surface area contributed by atoms with Gasteiger partial charge in [-0.1, -0.05) is 12.1 Å². The van der Waals surface area contributed by atoms with Crippen LogP contribution >= 0.6 is 0 Å². The number of phenolic OH excluding ortho intramolecular Hbond substituents is 1. The number of nitrogen functional groups attached to an aromatic ring is 1. The minimum Gasteiger partial charge on any atom is -0.507 e. The van der Waals surface area contributed by atoms with Crippen LogP contribution in [-0.4, -0.2) is 93.5 Å². The summed E-state index contributed by atoms with van der Waals surface area (Å²) in [7, 11) is 0. The van der Waals surface area contributed by atoms with Crippen molar-refractivity contribution in [2.24, 2.45) is 5.92 Å². The van der Waals surface area contributed by atoms with E-state index in [1.165, 1.54) is 12.1 Å². The molecule has 3 aliphatic rings. The van der Waals surface area contributed by atoms with E-state index >= 15 is 0 Å². The molecular weight excluding hydrogens is 613 g/mol. The van der Waals surface area contributed by atoms with E-state index in [-0.39, 0.29) is 60.4 Å². The minimum atomic E-state index is -0.990. The van der Waals surface area contributed by atoms with E-state index in [2.05, 4.69) is 36.3 Å². The molecule has 2 fully saturated rings. The van der Waals surface area contributed by atoms with E-state index in [0.717, 1.165) is 10.6 Å². The van der Waals surface area contributed by atoms with Crippen molar-refractivity contribution in [2.75, 3.05) is 43.4 Å². The van der Waals surface area contributed by atoms with Gasteiger partial charge in [0.2, 0.25) is 11.8 Å². The maximum Gasteiger partial charge on any atom is 1.00 e. The Morgan fingerprint density at radius 3 is 2.33 bits per heavy atom. The molecule has 1 atom stereocenters. The molecule has 3 aromatic rings. The van der Waals surface area contributed by atoms with Gasteiger partial charge in [-0.15, -0.1) is 23.3 Å². The van der Waals surface area contributed by atoms with Gasteiger partial charge >= 0.3 is 18.9 Å². The van der Waals surface area contributed by atoms with Gasteiger partial charge in [0, 0.05) is 31.0 Å². The van der Waals surface area contributed by atoms with Gasteiger partial charge in [0.1, 0.15) is 17.5 Å². The summed E-state index contributed by atoms with van der Waals surface area (Å²) < 4.78 is 5.70. The number of phenols is 1. The number of hydrogen-bond donors (Lipinski definition) is 3. The third kappa shape index (κ3) is 7.40. The Bertz CT molecular complexity index is 1730. The zero-order chi connectivity index (χ0) is 33.8. The van der Waals surface area contributed by atoms with E-state index < -0.39 is 29.7 Å². The Balaban J connectivity index is 0.000000228. The maximum absolute atomic E-state index is 12.7. The summed E-state index contributed by atoms with van der Waals surface area (Å²) in [6.45, 7) is 13.6. The Labute approximate surface area is 289 Å². The molecule has 14 nitrogen and oxygen atoms in total. The Hall–Kier alpha value is -5.06. The molecule has 3 aliphatic heterocycles. The number of imide groups is 2. The molecule has 0 saturated carbocycles. The van der Waals surface area contributed by atoms with Crippen molar-refractivity contribution < 1.29 is 52.7 Å². The largest absolute Gasteiger partial charge is 1.00 e. The molecule has 0 spiro atoms. The van der Waals surface area contributed by atoms with Crippen LogP contribution in [0.3, 0.4) is 0 Å². The number of fused-ring (bicyclic) bond motifs is 1. The zero-order valence-electron chi connectivity index (χ0n) is 26.6. The molecule has 48 heavy (non-hydrogen) atoms. The first-order chi connectivity index (χ1) is 22.5. The first kappa shape index (κ1) is 35.8. The second-order valence-corrected chi connectivity index (χ2v) is 11.1. The van der Waals surface area contributed by atoms with Crippen LogP contribution in [0.4, 0.5) is 11.5 Å². The predicted molar refractivity (Wildman–Crippen MR) is 171 cm³/mol. The quantitative estimate of drug-likeness (QED) is 0.149. The number of para-hydroxylation sites is 1. The van der Waals surface area contributed by atoms with Crippen LogP contribution in [0.1, 0.15) is 33.6 Å². The molecule has 0 aliphatic carbocycles. The predicted octanol–water partition coefficient (Wildman–Crippen LogP) is -1.33. The topological polar surface area (TPSA) is 188 Å². The fourth-order valence-corrected chi connectivity index (χ4v) is 5.45. The SMILES string of the molecule is [CH2-]C(=O)N1CC(COc2ccc3c(c2)C(=O)N(C2CCC(=O)NC2=O)C3=O)C1.[CH2-]CN(C[CH2-])c1cc(-c2ccccc2O)nnc1N.[Li+]. The molecule has 5 amide bonds. The summed E-state index contributed by atoms with van der Waals surface area (Å²) in [6, 6.07) is 12.3. The van der Waals surface area contributed by atoms with E-state index in [9.17, 15) is 29.1 Å². The number of benzene rings is 2. The van der Waals surface area contributed by atoms with Crippen LogP contribution in [0.2, 0.25) is 0 Å². The van der Waals surface area contributed by atoms with Gasteiger partial charge in [-0.2, -0.15) is 0 Å². The van der Waals surface area contributed by atoms with Crippen LogP contribution in [0.25, 0.3) is 11.3 Å². The van der Waals surface area contributed by atoms with Crippen LogP contribution in [0.5, 0.6) is 11.5 Å². The Morgan fingerprint density at radius 2 is 1.69 bits per heavy atom. The molecule has 0 radical (unpaired) electrons. The summed E-state index contributed by atoms with van der Waals surface area (Å²) in [5.41, 5.74) is 8.11. The number of carbonyl (C=O) groups excluding carboxylic acids is 5. The minimum absolute atomic E-state index is 0. The number of carbonyl (C=O) groups is 5. The number of amides is 5. The van der Waals surface area contributed by atoms with Crippen molar-refractivity contribution >= 4 is 41.0 Å². The number of likely N-dealkylation sites (tertiary alicyclic amines) is 1. The summed E-state index contributed by atoms with van der Waals surface area (Å²) >= 11 is 0. The smallest absolute Gasteiger partial charge is 0.507 e. The molecule has 246 valence electrons. The number of hydrogen-bond acceptors (Lipinski definition) is 11. The number of anilines is 2. The molecule has 2 aromatic carbocycles. The van der Waals surface area contributed by atoms with Gasteiger partial charge in [-0.3, -0.25) is 29.4 Å². The Morgan fingerprint density at radius 1 is 1.00 bits per heavy atom. The van der Waals surface area contributed by atoms with Gasteiger partial charge in [0.05, 0.1) is 35.0 Å². The first-order valence-corrected chi connectivity index (χ1v) is 14.9. The molecule has 4 N–H and O–H groups in total. The molecule has 1 aromatic heterocycles. The van der Waals surface area contributed by atoms with Gasteiger partial charge in [0.25, 0.3) is 11.8 Å². The van der Waals surface area contributed by atoms with E-state index in [1.807, 2.05) is 11.0 Å².